The Kier molecular flexibility index (Phi) is 8.99. The minimum atomic E-state index is -5.10. The van der Waals surface area contributed by atoms with Crippen LogP contribution in [-0.4, -0.2) is 24.7 Å². The predicted molar refractivity (Wildman–Crippen MR) is 123 cm³/mol. The summed E-state index contributed by atoms with van der Waals surface area (Å²) >= 11 is 0. The van der Waals surface area contributed by atoms with Crippen molar-refractivity contribution in [3.8, 4) is 0 Å². The number of nitrogens with zero attached hydrogens (tertiary/aromatic N) is 1. The lowest BCUT2D eigenvalue weighted by Crippen LogP contribution is -2.45. The number of hydrogen-bond acceptors (Lipinski definition) is 4. The molecule has 14 heteroatoms. The first-order valence-electron chi connectivity index (χ1n) is 12.1. The number of carbonyl (C=O) groups excluding carboxylic acids is 2. The molecular formula is C26H24F9NO4. The molecule has 0 aliphatic carbocycles. The first-order chi connectivity index (χ1) is 18.5. The molecule has 1 heterocycles. The number of carbonyl (C=O) groups is 2. The van der Waals surface area contributed by atoms with Gasteiger partial charge in [-0.3, -0.25) is 9.69 Å². The molecule has 40 heavy (non-hydrogen) atoms. The average Bonchev–Trinajstić information content (AvgIpc) is 2.85. The van der Waals surface area contributed by atoms with Gasteiger partial charge in [0.25, 0.3) is 0 Å². The molecule has 2 atom stereocenters. The van der Waals surface area contributed by atoms with Crippen LogP contribution in [0.3, 0.4) is 0 Å². The maximum Gasteiger partial charge on any atom is 0.416 e. The quantitative estimate of drug-likeness (QED) is 0.254. The van der Waals surface area contributed by atoms with Crippen LogP contribution < -0.4 is 4.90 Å². The third-order valence-electron chi connectivity index (χ3n) is 6.37. The topological polar surface area (TPSA) is 55.8 Å². The van der Waals surface area contributed by atoms with E-state index < -0.39 is 77.8 Å². The van der Waals surface area contributed by atoms with Crippen LogP contribution in [0.4, 0.5) is 50.0 Å². The zero-order valence-corrected chi connectivity index (χ0v) is 21.1. The molecule has 0 spiro atoms. The summed E-state index contributed by atoms with van der Waals surface area (Å²) in [5.41, 5.74) is -4.68. The van der Waals surface area contributed by atoms with Crippen LogP contribution in [0.2, 0.25) is 0 Å². The summed E-state index contributed by atoms with van der Waals surface area (Å²) in [5, 5.41) is 0. The van der Waals surface area contributed by atoms with E-state index in [0.717, 1.165) is 18.2 Å². The van der Waals surface area contributed by atoms with Crippen molar-refractivity contribution in [3.05, 3.63) is 64.2 Å². The van der Waals surface area contributed by atoms with Gasteiger partial charge in [0.05, 0.1) is 35.4 Å². The molecular weight excluding hydrogens is 561 g/mol. The van der Waals surface area contributed by atoms with Crippen LogP contribution >= 0.6 is 0 Å². The molecule has 2 unspecified atom stereocenters. The summed E-state index contributed by atoms with van der Waals surface area (Å²) in [6.45, 7) is 2.34. The number of amides is 1. The van der Waals surface area contributed by atoms with E-state index in [9.17, 15) is 49.1 Å². The van der Waals surface area contributed by atoms with Gasteiger partial charge in [-0.25, -0.2) is 4.79 Å². The van der Waals surface area contributed by atoms with E-state index in [-0.39, 0.29) is 30.3 Å². The number of rotatable bonds is 6. The van der Waals surface area contributed by atoms with Crippen LogP contribution in [-0.2, 0) is 39.4 Å². The normalized spacial score (nSPS) is 17.8. The van der Waals surface area contributed by atoms with Crippen molar-refractivity contribution in [3.63, 3.8) is 0 Å². The summed E-state index contributed by atoms with van der Waals surface area (Å²) in [6.07, 6.45) is -15.9. The molecule has 0 radical (unpaired) electrons. The Balaban J connectivity index is 1.89. The Morgan fingerprint density at radius 1 is 0.825 bits per heavy atom. The molecule has 0 bridgehead atoms. The highest BCUT2D eigenvalue weighted by molar-refractivity contribution is 5.90. The number of alkyl halides is 9. The minimum Gasteiger partial charge on any atom is -0.461 e. The van der Waals surface area contributed by atoms with Crippen molar-refractivity contribution >= 4 is 17.7 Å². The second-order valence-corrected chi connectivity index (χ2v) is 9.11. The van der Waals surface area contributed by atoms with Crippen LogP contribution in [0.5, 0.6) is 0 Å². The van der Waals surface area contributed by atoms with Crippen molar-refractivity contribution in [2.45, 2.75) is 70.2 Å². The van der Waals surface area contributed by atoms with Gasteiger partial charge < -0.3 is 9.47 Å². The SMILES string of the molecule is CCOC(=O)N1c2ccc(C(F)(F)F)cc2C(CC(=O)OCc2cc(C(F)(F)F)cc(C(F)(F)F)c2)CC1CC. The van der Waals surface area contributed by atoms with Gasteiger partial charge in [0, 0.05) is 6.04 Å². The second-order valence-electron chi connectivity index (χ2n) is 9.11. The van der Waals surface area contributed by atoms with E-state index in [4.69, 9.17) is 9.47 Å². The first-order valence-corrected chi connectivity index (χ1v) is 12.1. The maximum absolute atomic E-state index is 13.5. The molecule has 2 aromatic carbocycles. The van der Waals surface area contributed by atoms with E-state index in [2.05, 4.69) is 0 Å². The monoisotopic (exact) mass is 585 g/mol. The zero-order chi connectivity index (χ0) is 30.0. The van der Waals surface area contributed by atoms with Crippen molar-refractivity contribution in [2.24, 2.45) is 0 Å². The van der Waals surface area contributed by atoms with E-state index in [1.807, 2.05) is 0 Å². The summed E-state index contributed by atoms with van der Waals surface area (Å²) in [7, 11) is 0. The van der Waals surface area contributed by atoms with Crippen molar-refractivity contribution < 1.29 is 58.6 Å². The fourth-order valence-corrected chi connectivity index (χ4v) is 4.54. The van der Waals surface area contributed by atoms with Crippen molar-refractivity contribution in [1.29, 1.82) is 0 Å². The third kappa shape index (κ3) is 7.19. The van der Waals surface area contributed by atoms with Gasteiger partial charge in [-0.1, -0.05) is 6.92 Å². The van der Waals surface area contributed by atoms with Crippen LogP contribution in [0, 0.1) is 0 Å². The molecule has 5 nitrogen and oxygen atoms in total. The van der Waals surface area contributed by atoms with Gasteiger partial charge in [-0.05, 0) is 73.2 Å². The van der Waals surface area contributed by atoms with Gasteiger partial charge in [-0.15, -0.1) is 0 Å². The number of halogens is 9. The molecule has 0 saturated heterocycles. The number of hydrogen-bond donors (Lipinski definition) is 0. The number of anilines is 1. The largest absolute Gasteiger partial charge is 0.461 e. The Bertz CT molecular complexity index is 1210. The van der Waals surface area contributed by atoms with E-state index in [1.165, 1.54) is 4.90 Å². The molecule has 0 fully saturated rings. The number of esters is 1. The number of benzene rings is 2. The highest BCUT2D eigenvalue weighted by Crippen LogP contribution is 2.44. The molecule has 220 valence electrons. The molecule has 0 N–H and O–H groups in total. The van der Waals surface area contributed by atoms with Crippen LogP contribution in [0.1, 0.15) is 66.8 Å². The first kappa shape index (κ1) is 31.1. The number of fused-ring (bicyclic) bond motifs is 1. The van der Waals surface area contributed by atoms with Crippen molar-refractivity contribution in [1.82, 2.24) is 0 Å². The average molecular weight is 585 g/mol. The summed E-state index contributed by atoms with van der Waals surface area (Å²) in [6, 6.07) is 2.87. The molecule has 0 aromatic heterocycles. The Morgan fingerprint density at radius 3 is 1.90 bits per heavy atom. The fraction of sp³-hybridized carbons (Fsp3) is 0.462. The lowest BCUT2D eigenvalue weighted by Gasteiger charge is -2.40. The van der Waals surface area contributed by atoms with Crippen molar-refractivity contribution in [2.75, 3.05) is 11.5 Å². The zero-order valence-electron chi connectivity index (χ0n) is 21.1. The lowest BCUT2D eigenvalue weighted by atomic mass is 9.82. The van der Waals surface area contributed by atoms with Gasteiger partial charge >= 0.3 is 30.6 Å². The van der Waals surface area contributed by atoms with Gasteiger partial charge in [-0.2, -0.15) is 39.5 Å². The minimum absolute atomic E-state index is 0.00274. The molecule has 2 aromatic rings. The van der Waals surface area contributed by atoms with Crippen LogP contribution in [0.25, 0.3) is 0 Å². The Labute approximate surface area is 222 Å². The molecule has 1 aliphatic rings. The van der Waals surface area contributed by atoms with Crippen LogP contribution in [0.15, 0.2) is 36.4 Å². The van der Waals surface area contributed by atoms with E-state index >= 15 is 0 Å². The van der Waals surface area contributed by atoms with Gasteiger partial charge in [0.15, 0.2) is 0 Å². The molecule has 1 amide bonds. The molecule has 0 saturated carbocycles. The summed E-state index contributed by atoms with van der Waals surface area (Å²) < 4.78 is 129. The molecule has 3 rings (SSSR count). The van der Waals surface area contributed by atoms with Gasteiger partial charge in [0.1, 0.15) is 6.61 Å². The number of ether oxygens (including phenoxy) is 2. The van der Waals surface area contributed by atoms with E-state index in [1.54, 1.807) is 13.8 Å². The highest BCUT2D eigenvalue weighted by Gasteiger charge is 2.40. The summed E-state index contributed by atoms with van der Waals surface area (Å²) in [4.78, 5) is 26.5. The Hall–Kier alpha value is -3.45. The fourth-order valence-electron chi connectivity index (χ4n) is 4.54. The standard InChI is InChI=1S/C26H24F9NO4/c1-3-19-9-15(20-12-16(24(27,28)29)5-6-21(20)36(19)23(38)39-4-2)10-22(37)40-13-14-7-17(25(30,31)32)11-18(8-14)26(33,34)35/h5-8,11-12,15,19H,3-4,9-10,13H2,1-2H3. The second kappa shape index (κ2) is 11.6. The van der Waals surface area contributed by atoms with E-state index in [0.29, 0.717) is 18.6 Å². The smallest absolute Gasteiger partial charge is 0.416 e. The third-order valence-corrected chi connectivity index (χ3v) is 6.37. The molecule has 1 aliphatic heterocycles. The maximum atomic E-state index is 13.5. The Morgan fingerprint density at radius 2 is 1.40 bits per heavy atom. The predicted octanol–water partition coefficient (Wildman–Crippen LogP) is 8.11. The lowest BCUT2D eigenvalue weighted by molar-refractivity contribution is -0.145. The highest BCUT2D eigenvalue weighted by atomic mass is 19.4. The summed E-state index contributed by atoms with van der Waals surface area (Å²) in [5.74, 6) is -1.95. The van der Waals surface area contributed by atoms with Gasteiger partial charge in [0.2, 0.25) is 0 Å².